The monoisotopic (exact) mass is 1930 g/mol. The van der Waals surface area contributed by atoms with Crippen molar-refractivity contribution in [2.75, 3.05) is 52.8 Å². The summed E-state index contributed by atoms with van der Waals surface area (Å²) in [5.74, 6) is -0.821. The van der Waals surface area contributed by atoms with E-state index in [1.165, 1.54) is 41.5 Å². The van der Waals surface area contributed by atoms with E-state index < -0.39 is 297 Å². The molecule has 6 unspecified atom stereocenters. The van der Waals surface area contributed by atoms with Crippen molar-refractivity contribution >= 4 is 46.9 Å². The van der Waals surface area contributed by atoms with Gasteiger partial charge in [-0.3, -0.25) is 131 Å². The van der Waals surface area contributed by atoms with Crippen molar-refractivity contribution in [3.05, 3.63) is 185 Å². The van der Waals surface area contributed by atoms with Crippen LogP contribution in [0.5, 0.6) is 5.88 Å². The molecule has 0 amide bonds. The van der Waals surface area contributed by atoms with Gasteiger partial charge < -0.3 is 73.7 Å². The third-order valence-corrected chi connectivity index (χ3v) is 26.7. The van der Waals surface area contributed by atoms with Gasteiger partial charge in [-0.2, -0.15) is 0 Å². The molecule has 6 saturated heterocycles. The van der Waals surface area contributed by atoms with Crippen LogP contribution in [0.15, 0.2) is 89.9 Å². The molecule has 56 nitrogen and oxygen atoms in total. The van der Waals surface area contributed by atoms with Crippen molar-refractivity contribution in [3.8, 4) is 5.88 Å². The van der Waals surface area contributed by atoms with Gasteiger partial charge in [0.25, 0.3) is 27.8 Å². The molecule has 0 bridgehead atoms. The summed E-state index contributed by atoms with van der Waals surface area (Å²) in [7, 11) is -33.0. The highest BCUT2D eigenvalue weighted by atomic mass is 31.2. The van der Waals surface area contributed by atoms with E-state index >= 15 is 0 Å². The first kappa shape index (κ1) is 98.5. The number of nitrogens with two attached hydrogens (primary N) is 1. The highest BCUT2D eigenvalue weighted by molar-refractivity contribution is 7.48. The molecule has 14 N–H and O–H groups in total. The van der Waals surface area contributed by atoms with Gasteiger partial charge in [-0.05, 0) is 78.8 Å². The average Bonchev–Trinajstić information content (AvgIpc) is 1.66. The van der Waals surface area contributed by atoms with E-state index in [0.29, 0.717) is 25.8 Å². The van der Waals surface area contributed by atoms with Crippen LogP contribution in [-0.2, 0) is 110 Å². The Hall–Kier alpha value is -7.58. The first-order valence-electron chi connectivity index (χ1n) is 38.6. The maximum absolute atomic E-state index is 14.4. The first-order chi connectivity index (χ1) is 59.5. The number of hydrogen-bond donors (Lipinski definition) is 13. The van der Waals surface area contributed by atoms with Crippen LogP contribution in [0.4, 0.5) is 0 Å². The summed E-state index contributed by atoms with van der Waals surface area (Å²) in [5.41, 5.74) is -5.32. The summed E-state index contributed by atoms with van der Waals surface area (Å²) in [6, 6.07) is 0. The Bertz CT molecular complexity index is 6060. The maximum Gasteiger partial charge on any atom is 0.472 e. The van der Waals surface area contributed by atoms with Gasteiger partial charge in [0.05, 0.1) is 52.4 Å². The van der Waals surface area contributed by atoms with E-state index in [1.807, 2.05) is 15.0 Å². The van der Waals surface area contributed by atoms with E-state index in [4.69, 9.17) is 88.4 Å². The number of aromatic amines is 5. The molecule has 0 spiro atoms. The number of H-pyrrole nitrogens is 5. The van der Waals surface area contributed by atoms with Crippen LogP contribution in [0.1, 0.15) is 129 Å². The van der Waals surface area contributed by atoms with Crippen LogP contribution in [-0.4, -0.2) is 218 Å². The van der Waals surface area contributed by atoms with Crippen molar-refractivity contribution in [2.24, 2.45) is 5.73 Å². The molecular formula is C65H90N13O43P6-. The summed E-state index contributed by atoms with van der Waals surface area (Å²) >= 11 is 0. The van der Waals surface area contributed by atoms with Crippen LogP contribution in [0.2, 0.25) is 0 Å². The molecule has 62 heteroatoms. The van der Waals surface area contributed by atoms with Crippen molar-refractivity contribution in [1.82, 2.24) is 57.3 Å². The lowest BCUT2D eigenvalue weighted by Crippen LogP contribution is -2.33. The van der Waals surface area contributed by atoms with Crippen molar-refractivity contribution in [3.63, 3.8) is 0 Å². The minimum absolute atomic E-state index is 0.0101. The lowest BCUT2D eigenvalue weighted by molar-refractivity contribution is -0.276. The summed E-state index contributed by atoms with van der Waals surface area (Å²) < 4.78 is 189. The number of phosphoric acid groups is 6. The minimum Gasteiger partial charge on any atom is -0.858 e. The zero-order valence-electron chi connectivity index (χ0n) is 67.6. The largest absolute Gasteiger partial charge is 0.858 e. The molecule has 6 aromatic heterocycles. The molecule has 0 saturated carbocycles. The van der Waals surface area contributed by atoms with Gasteiger partial charge >= 0.3 is 81.1 Å². The number of aromatic nitrogens is 12. The van der Waals surface area contributed by atoms with E-state index in [0.717, 1.165) is 64.6 Å². The number of aliphatic hydroxyl groups excluding tert-OH is 1. The molecule has 0 aromatic carbocycles. The number of aryl methyl sites for hydroxylation is 6. The van der Waals surface area contributed by atoms with E-state index in [1.54, 1.807) is 0 Å². The predicted octanol–water partition coefficient (Wildman–Crippen LogP) is -2.22. The SMILES string of the molecule is Cc1cn([C@H]2C[C@H](O)[C@@H](COP(=O)(O)O[C@H]3C[C@H](n4cc(C)c(=O)[nH]c4=O)O[C@@H]3COP(=O)(O)O[C@H]3C[C@H](n4cc(C)c(=O)[nH]c4=O)O[C@@H]3COP(=O)(O)O[C@H]3C[C@H](n4cc(C)c(=O)[nH]c4=O)O[C@@H]3COP(=O)(O)O[C@H]3C[C@H](n4cc(C)c(=O)[nH]c4=O)O[C@@H]3COP(=O)(O)O[C@H]3C[C@H](n4cc(C)c(=O)[nH]c4=O)O[C@@H]3COP(=O)(O)OCCCCCN)O2)c(=O)nc1[O-]. The van der Waals surface area contributed by atoms with E-state index in [9.17, 15) is 120 Å². The Kier molecular flexibility index (Phi) is 31.2. The standard InChI is InChI=1S/C65H91N13O43P6/c1-30-18-73(60(86)67-54(30)80)48-12-36(79)42(111-48)24-106-123(94,95)117-38-14-50(75-20-32(3)56(82)69-62(75)88)113-44(38)26-108-125(98,99)119-40-16-52(77-22-34(5)58(84)71-64(77)90)115-46(40)28-110-127(102,103)121-41-17-53(78-23-35(6)59(85)72-65(78)91)116-47(41)29-109-126(100,101)120-39-15-51(76-21-33(4)57(83)70-63(76)89)114-45(39)27-107-124(96,97)118-37-13-49(74-19-31(2)55(81)68-61(74)87)112-43(37)25-105-122(92,93)104-11-9-7-8-10-66/h18-23,36-53,79H,7-17,24-29,66H2,1-6H3,(H,92,93)(H,94,95)(H,96,97)(H,98,99)(H,100,101)(H,102,103)(H,67,80,86)(H,68,81,87)(H,69,82,88)(H,70,83,89)(H,71,84,90)(H,72,85,91)/p-1/t36-,37-,38-,39-,40-,41-,42+,43+,44+,45+,46+,47+,48+,49+,50+,51+,52+,53+/m0/s1. The lowest BCUT2D eigenvalue weighted by Gasteiger charge is -2.26. The number of hydrogen-bond acceptors (Lipinski definition) is 39. The van der Waals surface area contributed by atoms with Gasteiger partial charge in [0.2, 0.25) is 0 Å². The lowest BCUT2D eigenvalue weighted by atomic mass is 10.2. The number of ether oxygens (including phenoxy) is 6. The highest BCUT2D eigenvalue weighted by Gasteiger charge is 2.52. The quantitative estimate of drug-likeness (QED) is 0.0143. The Morgan fingerprint density at radius 1 is 0.354 bits per heavy atom. The number of unbranched alkanes of at least 4 members (excludes halogenated alkanes) is 2. The normalized spacial score (nSPS) is 29.1. The number of phosphoric ester groups is 6. The third kappa shape index (κ3) is 25.0. The molecule has 6 aromatic rings. The van der Waals surface area contributed by atoms with Gasteiger partial charge in [0.15, 0.2) is 0 Å². The van der Waals surface area contributed by atoms with Gasteiger partial charge in [0.1, 0.15) is 105 Å². The summed E-state index contributed by atoms with van der Waals surface area (Å²) in [6.07, 6.45) is -25.7. The molecular weight excluding hydrogens is 1840 g/mol. The fourth-order valence-corrected chi connectivity index (χ4v) is 19.7. The molecule has 6 aliphatic rings. The smallest absolute Gasteiger partial charge is 0.472 e. The average molecular weight is 1930 g/mol. The molecule has 0 aliphatic carbocycles. The summed E-state index contributed by atoms with van der Waals surface area (Å²) in [4.78, 5) is 222. The fourth-order valence-electron chi connectivity index (χ4n) is 14.1. The molecule has 6 aliphatic heterocycles. The topological polar surface area (TPSA) is 768 Å². The third-order valence-electron chi connectivity index (χ3n) is 20.6. The van der Waals surface area contributed by atoms with Crippen LogP contribution in [0, 0.1) is 41.5 Å². The molecule has 0 radical (unpaired) electrons. The Morgan fingerprint density at radius 3 is 0.858 bits per heavy atom. The summed E-state index contributed by atoms with van der Waals surface area (Å²) in [6.45, 7) is 1.35. The molecule has 704 valence electrons. The molecule has 6 fully saturated rings. The molecule has 12 heterocycles. The Labute approximate surface area is 710 Å². The van der Waals surface area contributed by atoms with Gasteiger partial charge in [-0.25, -0.2) is 61.1 Å². The first-order valence-corrected chi connectivity index (χ1v) is 47.6. The zero-order chi connectivity index (χ0) is 92.5. The second-order valence-electron chi connectivity index (χ2n) is 30.1. The van der Waals surface area contributed by atoms with Crippen LogP contribution in [0.25, 0.3) is 0 Å². The van der Waals surface area contributed by atoms with Crippen LogP contribution in [0.3, 0.4) is 0 Å². The molecule has 24 atom stereocenters. The maximum atomic E-state index is 14.4. The number of nitrogens with zero attached hydrogens (tertiary/aromatic N) is 7. The number of rotatable bonds is 40. The van der Waals surface area contributed by atoms with Crippen molar-refractivity contribution < 1.29 is 150 Å². The van der Waals surface area contributed by atoms with Crippen molar-refractivity contribution in [1.29, 1.82) is 0 Å². The highest BCUT2D eigenvalue weighted by Crippen LogP contribution is 2.57. The summed E-state index contributed by atoms with van der Waals surface area (Å²) in [5, 5.41) is 22.8. The van der Waals surface area contributed by atoms with Crippen molar-refractivity contribution in [2.45, 2.75) is 210 Å². The second kappa shape index (κ2) is 40.2. The minimum atomic E-state index is -5.75. The number of nitrogens with one attached hydrogen (secondary N) is 5. The van der Waals surface area contributed by atoms with Crippen LogP contribution < -0.4 is 72.8 Å². The fraction of sp³-hybridized carbons (Fsp3) is 0.631. The van der Waals surface area contributed by atoms with Gasteiger partial charge in [-0.15, -0.1) is 0 Å². The zero-order valence-corrected chi connectivity index (χ0v) is 73.0. The Balaban J connectivity index is 0.741. The molecule has 127 heavy (non-hydrogen) atoms. The Morgan fingerprint density at radius 2 is 0.591 bits per heavy atom. The van der Waals surface area contributed by atoms with Gasteiger partial charge in [-0.1, -0.05) is 0 Å². The second-order valence-corrected chi connectivity index (χ2v) is 38.5. The predicted molar refractivity (Wildman–Crippen MR) is 418 cm³/mol. The van der Waals surface area contributed by atoms with Crippen LogP contribution >= 0.6 is 46.9 Å². The molecule has 12 rings (SSSR count). The van der Waals surface area contributed by atoms with Gasteiger partial charge in [0, 0.05) is 104 Å². The van der Waals surface area contributed by atoms with E-state index in [-0.39, 0.29) is 46.4 Å². The van der Waals surface area contributed by atoms with E-state index in [2.05, 4.69) is 15.0 Å². The number of aliphatic hydroxyl groups is 1.